The Labute approximate surface area is 222 Å². The summed E-state index contributed by atoms with van der Waals surface area (Å²) >= 11 is 0. The number of carboxylic acid groups (broad SMARTS) is 1. The Morgan fingerprint density at radius 1 is 1.15 bits per heavy atom. The number of alkyl halides is 3. The van der Waals surface area contributed by atoms with E-state index in [1.165, 1.54) is 22.9 Å². The van der Waals surface area contributed by atoms with Gasteiger partial charge >= 0.3 is 12.1 Å². The minimum atomic E-state index is -4.55. The summed E-state index contributed by atoms with van der Waals surface area (Å²) in [7, 11) is 1.92. The highest BCUT2D eigenvalue weighted by atomic mass is 19.4. The van der Waals surface area contributed by atoms with Gasteiger partial charge in [0, 0.05) is 49.8 Å². The van der Waals surface area contributed by atoms with Gasteiger partial charge in [-0.25, -0.2) is 24.4 Å². The Morgan fingerprint density at radius 2 is 1.85 bits per heavy atom. The number of benzene rings is 1. The minimum Gasteiger partial charge on any atom is -0.477 e. The first-order valence-corrected chi connectivity index (χ1v) is 12.5. The van der Waals surface area contributed by atoms with Crippen molar-refractivity contribution >= 4 is 23.0 Å². The molecule has 1 aliphatic rings. The molecule has 0 saturated carbocycles. The zero-order valence-corrected chi connectivity index (χ0v) is 21.6. The van der Waals surface area contributed by atoms with Gasteiger partial charge in [-0.1, -0.05) is 19.9 Å². The topological polar surface area (TPSA) is 106 Å². The van der Waals surface area contributed by atoms with Crippen molar-refractivity contribution in [2.45, 2.75) is 44.8 Å². The first-order valence-electron chi connectivity index (χ1n) is 12.5. The maximum atomic E-state index is 13.4. The van der Waals surface area contributed by atoms with Gasteiger partial charge in [0.15, 0.2) is 11.3 Å². The average molecular weight is 541 g/mol. The second-order valence-electron chi connectivity index (χ2n) is 9.78. The normalized spacial score (nSPS) is 14.7. The number of hydrogen-bond donors (Lipinski definition) is 1. The first-order chi connectivity index (χ1) is 18.5. The molecule has 1 aliphatic heterocycles. The third kappa shape index (κ3) is 5.16. The van der Waals surface area contributed by atoms with Gasteiger partial charge in [0.2, 0.25) is 5.95 Å². The molecule has 0 amide bonds. The van der Waals surface area contributed by atoms with Gasteiger partial charge < -0.3 is 14.7 Å². The van der Waals surface area contributed by atoms with E-state index < -0.39 is 17.7 Å². The summed E-state index contributed by atoms with van der Waals surface area (Å²) in [5.41, 5.74) is 0.722. The summed E-state index contributed by atoms with van der Waals surface area (Å²) < 4.78 is 47.0. The number of pyridine rings is 1. The zero-order valence-electron chi connectivity index (χ0n) is 21.6. The summed E-state index contributed by atoms with van der Waals surface area (Å²) in [5.74, 6) is -0.897. The lowest BCUT2D eigenvalue weighted by molar-refractivity contribution is -0.137. The van der Waals surface area contributed by atoms with Crippen LogP contribution in [0.1, 0.15) is 54.4 Å². The molecule has 4 aromatic rings. The Bertz CT molecular complexity index is 1510. The standard InChI is InChI=1S/C27H27F3N6O3/c1-15(2)23-22-20(16-13-31-26(32-14-16)35(3)18-7-9-39-10-8-18)12-21(25(37)38)33-24(22)36(34-23)19-6-4-5-17(11-19)27(28,29)30/h4-6,11-15,18H,7-10H2,1-3H3,(H,37,38). The molecule has 39 heavy (non-hydrogen) atoms. The quantitative estimate of drug-likeness (QED) is 0.350. The van der Waals surface area contributed by atoms with E-state index in [1.54, 1.807) is 12.4 Å². The molecule has 204 valence electrons. The van der Waals surface area contributed by atoms with Crippen molar-refractivity contribution in [3.63, 3.8) is 0 Å². The maximum Gasteiger partial charge on any atom is 0.416 e. The van der Waals surface area contributed by atoms with Crippen LogP contribution in [0.25, 0.3) is 27.8 Å². The number of fused-ring (bicyclic) bond motifs is 1. The molecule has 1 fully saturated rings. The fraction of sp³-hybridized carbons (Fsp3) is 0.370. The van der Waals surface area contributed by atoms with E-state index in [9.17, 15) is 23.1 Å². The Hall–Kier alpha value is -4.06. The molecule has 0 radical (unpaired) electrons. The highest BCUT2D eigenvalue weighted by Gasteiger charge is 2.31. The van der Waals surface area contributed by atoms with E-state index in [2.05, 4.69) is 20.1 Å². The lowest BCUT2D eigenvalue weighted by atomic mass is 9.99. The van der Waals surface area contributed by atoms with Crippen molar-refractivity contribution in [2.75, 3.05) is 25.2 Å². The van der Waals surface area contributed by atoms with Crippen LogP contribution in [-0.4, -0.2) is 62.1 Å². The molecule has 9 nitrogen and oxygen atoms in total. The number of aromatic nitrogens is 5. The fourth-order valence-corrected chi connectivity index (χ4v) is 4.76. The Kier molecular flexibility index (Phi) is 6.98. The molecular weight excluding hydrogens is 513 g/mol. The molecule has 4 heterocycles. The minimum absolute atomic E-state index is 0.118. The van der Waals surface area contributed by atoms with Crippen LogP contribution in [0.15, 0.2) is 42.7 Å². The number of rotatable bonds is 6. The van der Waals surface area contributed by atoms with Crippen molar-refractivity contribution in [1.29, 1.82) is 0 Å². The van der Waals surface area contributed by atoms with Crippen LogP contribution in [0.2, 0.25) is 0 Å². The second kappa shape index (κ2) is 10.3. The van der Waals surface area contributed by atoms with Gasteiger partial charge in [0.1, 0.15) is 0 Å². The van der Waals surface area contributed by atoms with Crippen LogP contribution in [0.4, 0.5) is 19.1 Å². The number of ether oxygens (including phenoxy) is 1. The number of hydrogen-bond acceptors (Lipinski definition) is 7. The van der Waals surface area contributed by atoms with Crippen LogP contribution in [0, 0.1) is 0 Å². The monoisotopic (exact) mass is 540 g/mol. The molecule has 1 saturated heterocycles. The summed E-state index contributed by atoms with van der Waals surface area (Å²) in [4.78, 5) is 27.4. The first kappa shape index (κ1) is 26.5. The average Bonchev–Trinajstić information content (AvgIpc) is 3.32. The van der Waals surface area contributed by atoms with E-state index in [1.807, 2.05) is 25.8 Å². The molecule has 0 aliphatic carbocycles. The van der Waals surface area contributed by atoms with Gasteiger partial charge in [-0.2, -0.15) is 18.3 Å². The number of nitrogens with zero attached hydrogens (tertiary/aromatic N) is 6. The SMILES string of the molecule is CC(C)c1nn(-c2cccc(C(F)(F)F)c2)c2nc(C(=O)O)cc(-c3cnc(N(C)C4CCOCC4)nc3)c12. The molecule has 0 atom stereocenters. The predicted molar refractivity (Wildman–Crippen MR) is 138 cm³/mol. The Balaban J connectivity index is 1.67. The molecule has 3 aromatic heterocycles. The van der Waals surface area contributed by atoms with Gasteiger partial charge in [0.25, 0.3) is 0 Å². The summed E-state index contributed by atoms with van der Waals surface area (Å²) in [5, 5.41) is 15.0. The smallest absolute Gasteiger partial charge is 0.416 e. The van der Waals surface area contributed by atoms with Crippen LogP contribution in [-0.2, 0) is 10.9 Å². The third-order valence-electron chi connectivity index (χ3n) is 6.85. The van der Waals surface area contributed by atoms with Gasteiger partial charge in [0.05, 0.1) is 22.3 Å². The molecule has 0 bridgehead atoms. The molecule has 12 heteroatoms. The highest BCUT2D eigenvalue weighted by Crippen LogP contribution is 2.36. The summed E-state index contributed by atoms with van der Waals surface area (Å²) in [6.45, 7) is 5.15. The second-order valence-corrected chi connectivity index (χ2v) is 9.78. The summed E-state index contributed by atoms with van der Waals surface area (Å²) in [6.07, 6.45) is 0.401. The molecule has 0 unspecified atom stereocenters. The molecular formula is C27H27F3N6O3. The van der Waals surface area contributed by atoms with Gasteiger partial charge in [-0.05, 0) is 43.0 Å². The molecule has 1 aromatic carbocycles. The fourth-order valence-electron chi connectivity index (χ4n) is 4.76. The van der Waals surface area contributed by atoms with E-state index in [0.29, 0.717) is 41.4 Å². The van der Waals surface area contributed by atoms with Gasteiger partial charge in [-0.3, -0.25) is 0 Å². The lowest BCUT2D eigenvalue weighted by Gasteiger charge is -2.31. The number of carboxylic acids is 1. The van der Waals surface area contributed by atoms with Crippen molar-refractivity contribution in [1.82, 2.24) is 24.7 Å². The number of anilines is 1. The van der Waals surface area contributed by atoms with E-state index in [-0.39, 0.29) is 29.0 Å². The molecule has 5 rings (SSSR count). The summed E-state index contributed by atoms with van der Waals surface area (Å²) in [6, 6.07) is 6.37. The van der Waals surface area contributed by atoms with Crippen molar-refractivity contribution in [3.05, 3.63) is 59.7 Å². The predicted octanol–water partition coefficient (Wildman–Crippen LogP) is 5.33. The third-order valence-corrected chi connectivity index (χ3v) is 6.85. The van der Waals surface area contributed by atoms with Crippen LogP contribution >= 0.6 is 0 Å². The number of carbonyl (C=O) groups is 1. The van der Waals surface area contributed by atoms with E-state index >= 15 is 0 Å². The van der Waals surface area contributed by atoms with Crippen molar-refractivity contribution in [3.8, 4) is 16.8 Å². The zero-order chi connectivity index (χ0) is 27.9. The van der Waals surface area contributed by atoms with E-state index in [0.717, 1.165) is 25.0 Å². The van der Waals surface area contributed by atoms with E-state index in [4.69, 9.17) is 4.74 Å². The maximum absolute atomic E-state index is 13.4. The highest BCUT2D eigenvalue weighted by molar-refractivity contribution is 6.00. The number of halogens is 3. The van der Waals surface area contributed by atoms with Crippen molar-refractivity contribution < 1.29 is 27.8 Å². The Morgan fingerprint density at radius 3 is 2.46 bits per heavy atom. The van der Waals surface area contributed by atoms with Crippen LogP contribution < -0.4 is 4.90 Å². The van der Waals surface area contributed by atoms with Gasteiger partial charge in [-0.15, -0.1) is 0 Å². The molecule has 1 N–H and O–H groups in total. The number of aromatic carboxylic acids is 1. The van der Waals surface area contributed by atoms with Crippen LogP contribution in [0.5, 0.6) is 0 Å². The van der Waals surface area contributed by atoms with Crippen molar-refractivity contribution in [2.24, 2.45) is 0 Å². The van der Waals surface area contributed by atoms with Crippen LogP contribution in [0.3, 0.4) is 0 Å². The lowest BCUT2D eigenvalue weighted by Crippen LogP contribution is -2.37. The molecule has 0 spiro atoms. The largest absolute Gasteiger partial charge is 0.477 e.